The molecular formula is C26H32N4O5S3. The predicted octanol–water partition coefficient (Wildman–Crippen LogP) is 3.51. The normalized spacial score (nSPS) is 24.0. The lowest BCUT2D eigenvalue weighted by atomic mass is 9.80. The third kappa shape index (κ3) is 5.24. The van der Waals surface area contributed by atoms with Crippen molar-refractivity contribution < 1.29 is 23.1 Å². The number of nitrogens with one attached hydrogen (secondary N) is 2. The van der Waals surface area contributed by atoms with Crippen molar-refractivity contribution in [3.8, 4) is 0 Å². The molecule has 1 saturated heterocycles. The molecule has 38 heavy (non-hydrogen) atoms. The Morgan fingerprint density at radius 1 is 1.16 bits per heavy atom. The number of β-amino-alcohol motifs (C(OH)–C–C–N with tert-alkyl or cyclic N) is 1. The smallest absolute Gasteiger partial charge is 0.284 e. The Hall–Kier alpha value is -2.38. The SMILES string of the molecule is C[C@@H]1CC[C@H](N(C(=O)C2(NC(=O)c3cc4sccc4s3)CCCCC2)S(=O)(=O)c2ccccn2)[C@@H](O)CN1. The Labute approximate surface area is 230 Å². The number of hydrogen-bond donors (Lipinski definition) is 3. The molecule has 0 spiro atoms. The van der Waals surface area contributed by atoms with Crippen LogP contribution in [0.15, 0.2) is 46.9 Å². The van der Waals surface area contributed by atoms with E-state index in [0.29, 0.717) is 43.4 Å². The number of aromatic nitrogens is 1. The van der Waals surface area contributed by atoms with Gasteiger partial charge in [0.15, 0.2) is 5.03 Å². The van der Waals surface area contributed by atoms with Crippen molar-refractivity contribution in [3.05, 3.63) is 46.8 Å². The summed E-state index contributed by atoms with van der Waals surface area (Å²) in [4.78, 5) is 32.6. The Kier molecular flexibility index (Phi) is 7.88. The van der Waals surface area contributed by atoms with Crippen molar-refractivity contribution in [2.45, 2.75) is 80.6 Å². The average Bonchev–Trinajstić information content (AvgIpc) is 3.49. The quantitative estimate of drug-likeness (QED) is 0.410. The van der Waals surface area contributed by atoms with E-state index in [-0.39, 0.29) is 23.5 Å². The summed E-state index contributed by atoms with van der Waals surface area (Å²) in [5.41, 5.74) is -1.40. The van der Waals surface area contributed by atoms with Crippen LogP contribution in [0.1, 0.15) is 61.5 Å². The molecular weight excluding hydrogens is 545 g/mol. The van der Waals surface area contributed by atoms with Gasteiger partial charge < -0.3 is 15.7 Å². The van der Waals surface area contributed by atoms with E-state index in [0.717, 1.165) is 20.1 Å². The van der Waals surface area contributed by atoms with Crippen LogP contribution in [0, 0.1) is 0 Å². The molecule has 12 heteroatoms. The third-order valence-electron chi connectivity index (χ3n) is 7.51. The number of nitrogens with zero attached hydrogens (tertiary/aromatic N) is 2. The molecule has 2 amide bonds. The van der Waals surface area contributed by atoms with E-state index in [1.807, 2.05) is 24.4 Å². The van der Waals surface area contributed by atoms with Crippen molar-refractivity contribution in [2.24, 2.45) is 0 Å². The predicted molar refractivity (Wildman–Crippen MR) is 148 cm³/mol. The van der Waals surface area contributed by atoms with Gasteiger partial charge in [0.05, 0.1) is 17.0 Å². The molecule has 4 heterocycles. The van der Waals surface area contributed by atoms with Crippen LogP contribution in [0.5, 0.6) is 0 Å². The first kappa shape index (κ1) is 27.2. The molecule has 0 unspecified atom stereocenters. The monoisotopic (exact) mass is 576 g/mol. The lowest BCUT2D eigenvalue weighted by molar-refractivity contribution is -0.138. The zero-order valence-electron chi connectivity index (χ0n) is 21.1. The van der Waals surface area contributed by atoms with E-state index in [1.54, 1.807) is 12.1 Å². The lowest BCUT2D eigenvalue weighted by Crippen LogP contribution is -2.64. The van der Waals surface area contributed by atoms with Gasteiger partial charge in [-0.2, -0.15) is 8.42 Å². The zero-order chi connectivity index (χ0) is 26.9. The maximum Gasteiger partial charge on any atom is 0.284 e. The minimum atomic E-state index is -4.43. The zero-order valence-corrected chi connectivity index (χ0v) is 23.6. The number of sulfonamides is 1. The summed E-state index contributed by atoms with van der Waals surface area (Å²) in [5.74, 6) is -1.09. The van der Waals surface area contributed by atoms with Crippen LogP contribution in [0.3, 0.4) is 0 Å². The van der Waals surface area contributed by atoms with Crippen LogP contribution < -0.4 is 10.6 Å². The first-order chi connectivity index (χ1) is 18.2. The maximum absolute atomic E-state index is 14.5. The Morgan fingerprint density at radius 2 is 1.95 bits per heavy atom. The van der Waals surface area contributed by atoms with Gasteiger partial charge in [0.25, 0.3) is 21.8 Å². The Morgan fingerprint density at radius 3 is 2.66 bits per heavy atom. The highest BCUT2D eigenvalue weighted by Gasteiger charge is 2.51. The minimum absolute atomic E-state index is 0.0557. The van der Waals surface area contributed by atoms with Gasteiger partial charge in [-0.3, -0.25) is 9.59 Å². The van der Waals surface area contributed by atoms with E-state index < -0.39 is 33.6 Å². The van der Waals surface area contributed by atoms with Crippen LogP contribution in [0.2, 0.25) is 0 Å². The van der Waals surface area contributed by atoms with E-state index in [9.17, 15) is 23.1 Å². The van der Waals surface area contributed by atoms with Crippen molar-refractivity contribution in [3.63, 3.8) is 0 Å². The molecule has 3 N–H and O–H groups in total. The first-order valence-corrected chi connectivity index (χ1v) is 16.1. The molecule has 2 aliphatic rings. The summed E-state index contributed by atoms with van der Waals surface area (Å²) >= 11 is 2.89. The van der Waals surface area contributed by atoms with Crippen molar-refractivity contribution in [1.82, 2.24) is 19.9 Å². The van der Waals surface area contributed by atoms with Crippen LogP contribution >= 0.6 is 22.7 Å². The summed E-state index contributed by atoms with van der Waals surface area (Å²) in [6.07, 6.45) is 4.01. The van der Waals surface area contributed by atoms with E-state index in [1.165, 1.54) is 34.9 Å². The molecule has 3 aromatic rings. The molecule has 3 aromatic heterocycles. The summed E-state index contributed by atoms with van der Waals surface area (Å²) < 4.78 is 30.9. The highest BCUT2D eigenvalue weighted by Crippen LogP contribution is 2.36. The molecule has 3 atom stereocenters. The van der Waals surface area contributed by atoms with Crippen LogP contribution in [-0.4, -0.2) is 64.9 Å². The number of aliphatic hydroxyl groups is 1. The van der Waals surface area contributed by atoms with E-state index in [2.05, 4.69) is 15.6 Å². The summed E-state index contributed by atoms with van der Waals surface area (Å²) in [7, 11) is -4.43. The number of carbonyl (C=O) groups is 2. The number of amides is 2. The number of carbonyl (C=O) groups excluding carboxylic acids is 2. The van der Waals surface area contributed by atoms with Crippen molar-refractivity contribution in [1.29, 1.82) is 0 Å². The van der Waals surface area contributed by atoms with Gasteiger partial charge in [-0.15, -0.1) is 22.7 Å². The van der Waals surface area contributed by atoms with Crippen LogP contribution in [-0.2, 0) is 14.8 Å². The number of hydrogen-bond acceptors (Lipinski definition) is 9. The second-order valence-corrected chi connectivity index (χ2v) is 13.9. The highest BCUT2D eigenvalue weighted by molar-refractivity contribution is 7.89. The highest BCUT2D eigenvalue weighted by atomic mass is 32.2. The number of rotatable bonds is 6. The fraction of sp³-hybridized carbons (Fsp3) is 0.500. The molecule has 1 aliphatic carbocycles. The van der Waals surface area contributed by atoms with Gasteiger partial charge in [-0.05, 0) is 62.3 Å². The van der Waals surface area contributed by atoms with Gasteiger partial charge in [-0.1, -0.05) is 25.3 Å². The van der Waals surface area contributed by atoms with Crippen LogP contribution in [0.25, 0.3) is 9.40 Å². The fourth-order valence-corrected chi connectivity index (χ4v) is 9.05. The number of fused-ring (bicyclic) bond motifs is 1. The van der Waals surface area contributed by atoms with E-state index >= 15 is 0 Å². The molecule has 1 saturated carbocycles. The van der Waals surface area contributed by atoms with Gasteiger partial charge in [0.1, 0.15) is 5.54 Å². The molecule has 1 aliphatic heterocycles. The minimum Gasteiger partial charge on any atom is -0.390 e. The molecule has 0 radical (unpaired) electrons. The van der Waals surface area contributed by atoms with Gasteiger partial charge >= 0.3 is 0 Å². The Bertz CT molecular complexity index is 1370. The molecule has 2 fully saturated rings. The number of aliphatic hydroxyl groups excluding tert-OH is 1. The van der Waals surface area contributed by atoms with E-state index in [4.69, 9.17) is 0 Å². The molecule has 0 bridgehead atoms. The summed E-state index contributed by atoms with van der Waals surface area (Å²) in [5, 5.41) is 18.9. The standard InChI is InChI=1S/C26H32N4O5S3/c1-17-8-9-18(19(31)16-28-17)30(38(34,35)23-7-3-6-13-27-23)25(33)26(11-4-2-5-12-26)29-24(32)22-15-21-20(37-22)10-14-36-21/h3,6-7,10,13-15,17-19,28,31H,2,4-5,8-9,11-12,16H2,1H3,(H,29,32)/t17-,18+,19+/m1/s1. The second-order valence-electron chi connectivity index (χ2n) is 10.2. The molecule has 204 valence electrons. The fourth-order valence-electron chi connectivity index (χ4n) is 5.40. The van der Waals surface area contributed by atoms with Gasteiger partial charge in [0.2, 0.25) is 0 Å². The summed E-state index contributed by atoms with van der Waals surface area (Å²) in [6.45, 7) is 2.11. The maximum atomic E-state index is 14.5. The Balaban J connectivity index is 1.55. The second kappa shape index (κ2) is 11.0. The number of pyridine rings is 1. The molecule has 5 rings (SSSR count). The third-order valence-corrected chi connectivity index (χ3v) is 11.3. The summed E-state index contributed by atoms with van der Waals surface area (Å²) in [6, 6.07) is 7.33. The topological polar surface area (TPSA) is 129 Å². The van der Waals surface area contributed by atoms with Crippen LogP contribution in [0.4, 0.5) is 0 Å². The molecule has 0 aromatic carbocycles. The lowest BCUT2D eigenvalue weighted by Gasteiger charge is -2.42. The van der Waals surface area contributed by atoms with Gasteiger partial charge in [-0.25, -0.2) is 9.29 Å². The average molecular weight is 577 g/mol. The number of thiophene rings is 2. The molecule has 9 nitrogen and oxygen atoms in total. The van der Waals surface area contributed by atoms with Gasteiger partial charge in [0, 0.05) is 28.2 Å². The van der Waals surface area contributed by atoms with Crippen molar-refractivity contribution >= 4 is 53.9 Å². The first-order valence-electron chi connectivity index (χ1n) is 12.9. The van der Waals surface area contributed by atoms with Crippen molar-refractivity contribution in [2.75, 3.05) is 6.54 Å². The largest absolute Gasteiger partial charge is 0.390 e.